The van der Waals surface area contributed by atoms with Crippen LogP contribution in [0.25, 0.3) is 0 Å². The smallest absolute Gasteiger partial charge is 0.311 e. The van der Waals surface area contributed by atoms with Crippen molar-refractivity contribution in [3.8, 4) is 5.75 Å². The number of amides is 2. The maximum absolute atomic E-state index is 12.1. The van der Waals surface area contributed by atoms with Gasteiger partial charge in [-0.25, -0.2) is 0 Å². The maximum atomic E-state index is 12.1. The van der Waals surface area contributed by atoms with E-state index in [0.717, 1.165) is 37.0 Å². The predicted octanol–water partition coefficient (Wildman–Crippen LogP) is 1.76. The molecule has 1 saturated heterocycles. The minimum Gasteiger partial charge on any atom is -0.497 e. The standard InChI is InChI=1S/C17H24N2O3/c1-22-15-8-6-7-14(13-15)9-10-18-16(20)17(21)19-11-4-2-3-5-12-19/h6-8,13H,2-5,9-12H2,1H3,(H,18,20). The van der Waals surface area contributed by atoms with E-state index >= 15 is 0 Å². The van der Waals surface area contributed by atoms with Crippen LogP contribution in [0.4, 0.5) is 0 Å². The normalized spacial score (nSPS) is 15.0. The largest absolute Gasteiger partial charge is 0.497 e. The van der Waals surface area contributed by atoms with Gasteiger partial charge in [0.05, 0.1) is 7.11 Å². The molecule has 0 aliphatic carbocycles. The van der Waals surface area contributed by atoms with Gasteiger partial charge >= 0.3 is 11.8 Å². The highest BCUT2D eigenvalue weighted by molar-refractivity contribution is 6.35. The quantitative estimate of drug-likeness (QED) is 0.862. The highest BCUT2D eigenvalue weighted by atomic mass is 16.5. The monoisotopic (exact) mass is 304 g/mol. The molecule has 0 spiro atoms. The van der Waals surface area contributed by atoms with Crippen molar-refractivity contribution in [3.05, 3.63) is 29.8 Å². The molecule has 1 N–H and O–H groups in total. The van der Waals surface area contributed by atoms with Gasteiger partial charge in [0.15, 0.2) is 0 Å². The number of methoxy groups -OCH3 is 1. The molecule has 22 heavy (non-hydrogen) atoms. The number of carbonyl (C=O) groups excluding carboxylic acids is 2. The van der Waals surface area contributed by atoms with Crippen molar-refractivity contribution in [1.82, 2.24) is 10.2 Å². The first-order valence-electron chi connectivity index (χ1n) is 7.91. The predicted molar refractivity (Wildman–Crippen MR) is 84.8 cm³/mol. The Bertz CT molecular complexity index is 508. The summed E-state index contributed by atoms with van der Waals surface area (Å²) in [5, 5.41) is 2.72. The zero-order valence-electron chi connectivity index (χ0n) is 13.1. The Balaban J connectivity index is 1.77. The Morgan fingerprint density at radius 2 is 1.91 bits per heavy atom. The van der Waals surface area contributed by atoms with Gasteiger partial charge in [-0.3, -0.25) is 9.59 Å². The molecule has 5 nitrogen and oxygen atoms in total. The van der Waals surface area contributed by atoms with Crippen molar-refractivity contribution < 1.29 is 14.3 Å². The van der Waals surface area contributed by atoms with Gasteiger partial charge in [-0.1, -0.05) is 25.0 Å². The minimum atomic E-state index is -0.496. The van der Waals surface area contributed by atoms with Crippen molar-refractivity contribution in [2.75, 3.05) is 26.7 Å². The SMILES string of the molecule is COc1cccc(CCNC(=O)C(=O)N2CCCCCC2)c1. The van der Waals surface area contributed by atoms with Crippen LogP contribution in [0.1, 0.15) is 31.2 Å². The second-order valence-corrected chi connectivity index (χ2v) is 5.56. The van der Waals surface area contributed by atoms with Crippen LogP contribution < -0.4 is 10.1 Å². The van der Waals surface area contributed by atoms with Gasteiger partial charge < -0.3 is 15.0 Å². The Morgan fingerprint density at radius 1 is 1.18 bits per heavy atom. The van der Waals surface area contributed by atoms with Crippen molar-refractivity contribution in [3.63, 3.8) is 0 Å². The van der Waals surface area contributed by atoms with Gasteiger partial charge in [-0.15, -0.1) is 0 Å². The Hall–Kier alpha value is -2.04. The minimum absolute atomic E-state index is 0.396. The zero-order chi connectivity index (χ0) is 15.8. The summed E-state index contributed by atoms with van der Waals surface area (Å²) in [6.45, 7) is 1.84. The molecule has 0 bridgehead atoms. The third kappa shape index (κ3) is 4.76. The lowest BCUT2D eigenvalue weighted by Crippen LogP contribution is -2.43. The molecule has 0 atom stereocenters. The molecule has 0 aromatic heterocycles. The number of rotatable bonds is 4. The lowest BCUT2D eigenvalue weighted by atomic mass is 10.1. The lowest BCUT2D eigenvalue weighted by Gasteiger charge is -2.19. The molecule has 1 aromatic rings. The highest BCUT2D eigenvalue weighted by Crippen LogP contribution is 2.12. The van der Waals surface area contributed by atoms with Crippen LogP contribution in [-0.2, 0) is 16.0 Å². The topological polar surface area (TPSA) is 58.6 Å². The van der Waals surface area contributed by atoms with Crippen LogP contribution in [0, 0.1) is 0 Å². The number of likely N-dealkylation sites (tertiary alicyclic amines) is 1. The maximum Gasteiger partial charge on any atom is 0.311 e. The van der Waals surface area contributed by atoms with Crippen molar-refractivity contribution in [2.45, 2.75) is 32.1 Å². The van der Waals surface area contributed by atoms with Crippen LogP contribution in [-0.4, -0.2) is 43.5 Å². The van der Waals surface area contributed by atoms with Crippen molar-refractivity contribution >= 4 is 11.8 Å². The number of hydrogen-bond donors (Lipinski definition) is 1. The number of hydrogen-bond acceptors (Lipinski definition) is 3. The van der Waals surface area contributed by atoms with E-state index < -0.39 is 11.8 Å². The Labute approximate surface area is 131 Å². The van der Waals surface area contributed by atoms with E-state index in [-0.39, 0.29) is 0 Å². The fourth-order valence-electron chi connectivity index (χ4n) is 2.64. The number of carbonyl (C=O) groups is 2. The molecule has 120 valence electrons. The molecule has 1 aliphatic heterocycles. The van der Waals surface area contributed by atoms with Gasteiger partial charge in [0, 0.05) is 19.6 Å². The number of nitrogens with one attached hydrogen (secondary N) is 1. The van der Waals surface area contributed by atoms with Crippen LogP contribution in [0.5, 0.6) is 5.75 Å². The Kier molecular flexibility index (Phi) is 6.25. The van der Waals surface area contributed by atoms with Gasteiger partial charge in [0.25, 0.3) is 0 Å². The fraction of sp³-hybridized carbons (Fsp3) is 0.529. The summed E-state index contributed by atoms with van der Waals surface area (Å²) >= 11 is 0. The fourth-order valence-corrected chi connectivity index (χ4v) is 2.64. The van der Waals surface area contributed by atoms with E-state index in [1.54, 1.807) is 12.0 Å². The molecule has 2 rings (SSSR count). The summed E-state index contributed by atoms with van der Waals surface area (Å²) in [5.74, 6) is -0.0955. The molecule has 1 aromatic carbocycles. The molecule has 0 unspecified atom stereocenters. The van der Waals surface area contributed by atoms with E-state index in [4.69, 9.17) is 4.74 Å². The second kappa shape index (κ2) is 8.41. The molecule has 5 heteroatoms. The van der Waals surface area contributed by atoms with Crippen LogP contribution in [0.3, 0.4) is 0 Å². The number of nitrogens with zero attached hydrogens (tertiary/aromatic N) is 1. The highest BCUT2D eigenvalue weighted by Gasteiger charge is 2.21. The van der Waals surface area contributed by atoms with Gasteiger partial charge in [0.2, 0.25) is 0 Å². The van der Waals surface area contributed by atoms with Gasteiger partial charge in [0.1, 0.15) is 5.75 Å². The van der Waals surface area contributed by atoms with E-state index in [1.165, 1.54) is 0 Å². The second-order valence-electron chi connectivity index (χ2n) is 5.56. The van der Waals surface area contributed by atoms with E-state index in [9.17, 15) is 9.59 Å². The average molecular weight is 304 g/mol. The average Bonchev–Trinajstić information content (AvgIpc) is 2.83. The van der Waals surface area contributed by atoms with Crippen LogP contribution in [0.15, 0.2) is 24.3 Å². The summed E-state index contributed by atoms with van der Waals surface area (Å²) in [6.07, 6.45) is 4.93. The molecule has 0 radical (unpaired) electrons. The first-order chi connectivity index (χ1) is 10.7. The first-order valence-corrected chi connectivity index (χ1v) is 7.91. The summed E-state index contributed by atoms with van der Waals surface area (Å²) in [5.41, 5.74) is 1.07. The summed E-state index contributed by atoms with van der Waals surface area (Å²) in [7, 11) is 1.63. The Morgan fingerprint density at radius 3 is 2.59 bits per heavy atom. The molecule has 2 amide bonds. The molecule has 1 aliphatic rings. The summed E-state index contributed by atoms with van der Waals surface area (Å²) < 4.78 is 5.16. The van der Waals surface area contributed by atoms with E-state index in [1.807, 2.05) is 24.3 Å². The molecule has 1 fully saturated rings. The lowest BCUT2D eigenvalue weighted by molar-refractivity contribution is -0.145. The van der Waals surface area contributed by atoms with Crippen molar-refractivity contribution in [1.29, 1.82) is 0 Å². The van der Waals surface area contributed by atoms with Crippen LogP contribution in [0.2, 0.25) is 0 Å². The third-order valence-electron chi connectivity index (χ3n) is 3.92. The molecule has 0 saturated carbocycles. The van der Waals surface area contributed by atoms with Gasteiger partial charge in [-0.2, -0.15) is 0 Å². The van der Waals surface area contributed by atoms with E-state index in [2.05, 4.69) is 5.32 Å². The van der Waals surface area contributed by atoms with E-state index in [0.29, 0.717) is 26.1 Å². The molecule has 1 heterocycles. The summed E-state index contributed by atoms with van der Waals surface area (Å²) in [4.78, 5) is 25.7. The third-order valence-corrected chi connectivity index (χ3v) is 3.92. The zero-order valence-corrected chi connectivity index (χ0v) is 13.1. The molecular weight excluding hydrogens is 280 g/mol. The van der Waals surface area contributed by atoms with Crippen molar-refractivity contribution in [2.24, 2.45) is 0 Å². The van der Waals surface area contributed by atoms with Crippen LogP contribution >= 0.6 is 0 Å². The number of benzene rings is 1. The molecular formula is C17H24N2O3. The first kappa shape index (κ1) is 16.3. The summed E-state index contributed by atoms with van der Waals surface area (Å²) in [6, 6.07) is 7.71. The van der Waals surface area contributed by atoms with Gasteiger partial charge in [-0.05, 0) is 37.0 Å². The number of ether oxygens (including phenoxy) is 1.